The second-order valence-electron chi connectivity index (χ2n) is 6.17. The maximum Gasteiger partial charge on any atom is 0.311 e. The first-order chi connectivity index (χ1) is 10.5. The molecule has 0 rings (SSSR count). The van der Waals surface area contributed by atoms with Crippen LogP contribution in [0.15, 0.2) is 0 Å². The Bertz CT molecular complexity index is 422. The normalized spacial score (nSPS) is 19.0. The Balaban J connectivity index is 6.27. The van der Waals surface area contributed by atoms with E-state index in [0.717, 1.165) is 0 Å². The van der Waals surface area contributed by atoms with Crippen LogP contribution in [-0.2, 0) is 13.9 Å². The van der Waals surface area contributed by atoms with Gasteiger partial charge in [-0.2, -0.15) is 0 Å². The topological polar surface area (TPSA) is 113 Å². The molecule has 138 valence electrons. The summed E-state index contributed by atoms with van der Waals surface area (Å²) in [4.78, 5) is 12.7. The van der Waals surface area contributed by atoms with Crippen LogP contribution in [0.4, 0.5) is 0 Å². The first kappa shape index (κ1) is 22.7. The smallest absolute Gasteiger partial charge is 0.311 e. The van der Waals surface area contributed by atoms with Crippen molar-refractivity contribution in [3.05, 3.63) is 0 Å². The molecule has 0 radical (unpaired) electrons. The molecule has 0 aromatic rings. The lowest BCUT2D eigenvalue weighted by atomic mass is 10.0. The van der Waals surface area contributed by atoms with Crippen LogP contribution >= 0.6 is 7.52 Å². The number of rotatable bonds is 11. The van der Waals surface area contributed by atoms with Gasteiger partial charge in [-0.25, -0.2) is 4.67 Å². The van der Waals surface area contributed by atoms with Crippen molar-refractivity contribution in [3.8, 4) is 0 Å². The molecule has 0 aliphatic carbocycles. The Kier molecular flexibility index (Phi) is 9.13. The van der Waals surface area contributed by atoms with Crippen molar-refractivity contribution >= 4 is 13.3 Å². The van der Waals surface area contributed by atoms with E-state index in [4.69, 9.17) is 10.3 Å². The molecular formula is C15H33N2O5P. The molecule has 4 N–H and O–H groups in total. The molecule has 8 heteroatoms. The van der Waals surface area contributed by atoms with Crippen LogP contribution < -0.4 is 5.73 Å². The minimum atomic E-state index is -4.00. The van der Waals surface area contributed by atoms with Gasteiger partial charge < -0.3 is 20.5 Å². The molecule has 0 aromatic heterocycles. The highest BCUT2D eigenvalue weighted by molar-refractivity contribution is 7.59. The lowest BCUT2D eigenvalue weighted by Gasteiger charge is -2.44. The number of carbonyl (C=O) groups excluding carboxylic acids is 1. The molecule has 0 aliphatic heterocycles. The summed E-state index contributed by atoms with van der Waals surface area (Å²) in [6.45, 7) is 10.2. The summed E-state index contributed by atoms with van der Waals surface area (Å²) in [5, 5.41) is 18.1. The maximum atomic E-state index is 13.7. The third kappa shape index (κ3) is 4.62. The molecule has 0 amide bonds. The van der Waals surface area contributed by atoms with E-state index in [1.807, 2.05) is 27.7 Å². The maximum absolute atomic E-state index is 13.7. The van der Waals surface area contributed by atoms with Crippen LogP contribution in [0.2, 0.25) is 0 Å². The van der Waals surface area contributed by atoms with E-state index in [2.05, 4.69) is 0 Å². The standard InChI is InChI=1S/C15H33N2O5P/c1-7-13(16)14(19)15(20,9-10-18)23(21,22-8-2)17(11(3)4)12(5)6/h11-13,18,20H,7-10,16H2,1-6H3. The van der Waals surface area contributed by atoms with Crippen LogP contribution in [0.1, 0.15) is 54.4 Å². The summed E-state index contributed by atoms with van der Waals surface area (Å²) < 4.78 is 20.7. The SMILES string of the molecule is CCOP(=O)(N(C(C)C)C(C)C)C(O)(CCO)C(=O)C(N)CC. The quantitative estimate of drug-likeness (QED) is 0.485. The van der Waals surface area contributed by atoms with Gasteiger partial charge in [0, 0.05) is 25.1 Å². The Morgan fingerprint density at radius 2 is 1.74 bits per heavy atom. The fraction of sp³-hybridized carbons (Fsp3) is 0.933. The first-order valence-corrected chi connectivity index (χ1v) is 9.77. The molecule has 0 saturated carbocycles. The van der Waals surface area contributed by atoms with Crippen molar-refractivity contribution in [2.24, 2.45) is 5.73 Å². The van der Waals surface area contributed by atoms with E-state index >= 15 is 0 Å². The van der Waals surface area contributed by atoms with E-state index < -0.39 is 31.3 Å². The third-order valence-electron chi connectivity index (χ3n) is 3.77. The van der Waals surface area contributed by atoms with Gasteiger partial charge in [0.25, 0.3) is 0 Å². The van der Waals surface area contributed by atoms with E-state index in [-0.39, 0.29) is 25.1 Å². The summed E-state index contributed by atoms with van der Waals surface area (Å²) in [6.07, 6.45) is -0.0885. The zero-order valence-electron chi connectivity index (χ0n) is 15.2. The Morgan fingerprint density at radius 1 is 1.26 bits per heavy atom. The number of nitrogens with two attached hydrogens (primary N) is 1. The molecule has 0 heterocycles. The van der Waals surface area contributed by atoms with Gasteiger partial charge in [0.15, 0.2) is 5.78 Å². The number of aliphatic hydroxyl groups excluding tert-OH is 1. The summed E-state index contributed by atoms with van der Waals surface area (Å²) in [6, 6.07) is -1.44. The minimum Gasteiger partial charge on any atom is -0.396 e. The van der Waals surface area contributed by atoms with Gasteiger partial charge in [-0.05, 0) is 41.0 Å². The van der Waals surface area contributed by atoms with Crippen molar-refractivity contribution in [1.82, 2.24) is 4.67 Å². The number of ketones is 1. The third-order valence-corrected chi connectivity index (χ3v) is 7.28. The molecule has 0 aliphatic rings. The van der Waals surface area contributed by atoms with Crippen molar-refractivity contribution < 1.29 is 24.1 Å². The summed E-state index contributed by atoms with van der Waals surface area (Å²) in [7, 11) is -4.00. The highest BCUT2D eigenvalue weighted by Gasteiger charge is 2.58. The van der Waals surface area contributed by atoms with Gasteiger partial charge in [-0.3, -0.25) is 9.36 Å². The average molecular weight is 352 g/mol. The van der Waals surface area contributed by atoms with Gasteiger partial charge in [0.2, 0.25) is 5.34 Å². The predicted octanol–water partition coefficient (Wildman–Crippen LogP) is 1.71. The summed E-state index contributed by atoms with van der Waals surface area (Å²) in [5.41, 5.74) is 5.79. The number of Topliss-reactive ketones (excluding diaryl/α,β-unsaturated/α-hetero) is 1. The first-order valence-electron chi connectivity index (χ1n) is 8.20. The molecule has 23 heavy (non-hydrogen) atoms. The monoisotopic (exact) mass is 352 g/mol. The number of nitrogens with zero attached hydrogens (tertiary/aromatic N) is 1. The average Bonchev–Trinajstić information content (AvgIpc) is 2.44. The highest BCUT2D eigenvalue weighted by Crippen LogP contribution is 2.64. The lowest BCUT2D eigenvalue weighted by Crippen LogP contribution is -2.53. The van der Waals surface area contributed by atoms with E-state index in [1.54, 1.807) is 13.8 Å². The van der Waals surface area contributed by atoms with Gasteiger partial charge >= 0.3 is 7.52 Å². The van der Waals surface area contributed by atoms with Crippen molar-refractivity contribution in [2.45, 2.75) is 77.9 Å². The fourth-order valence-corrected chi connectivity index (χ4v) is 5.91. The fourth-order valence-electron chi connectivity index (χ4n) is 2.79. The van der Waals surface area contributed by atoms with Crippen LogP contribution in [0, 0.1) is 0 Å². The van der Waals surface area contributed by atoms with E-state index in [0.29, 0.717) is 6.42 Å². The molecule has 3 unspecified atom stereocenters. The highest BCUT2D eigenvalue weighted by atomic mass is 31.2. The van der Waals surface area contributed by atoms with Gasteiger partial charge in [0.1, 0.15) is 0 Å². The van der Waals surface area contributed by atoms with E-state index in [9.17, 15) is 19.6 Å². The molecule has 0 fully saturated rings. The van der Waals surface area contributed by atoms with Crippen molar-refractivity contribution in [1.29, 1.82) is 0 Å². The molecule has 0 spiro atoms. The molecule has 3 atom stereocenters. The van der Waals surface area contributed by atoms with Gasteiger partial charge in [-0.15, -0.1) is 0 Å². The zero-order chi connectivity index (χ0) is 18.4. The summed E-state index contributed by atoms with van der Waals surface area (Å²) >= 11 is 0. The molecular weight excluding hydrogens is 319 g/mol. The Hall–Kier alpha value is -0.300. The second-order valence-corrected chi connectivity index (χ2v) is 8.68. The van der Waals surface area contributed by atoms with E-state index in [1.165, 1.54) is 4.67 Å². The Labute approximate surface area is 139 Å². The zero-order valence-corrected chi connectivity index (χ0v) is 16.0. The number of hydrogen-bond donors (Lipinski definition) is 3. The van der Waals surface area contributed by atoms with Gasteiger partial charge in [0.05, 0.1) is 12.6 Å². The van der Waals surface area contributed by atoms with Crippen LogP contribution in [0.3, 0.4) is 0 Å². The van der Waals surface area contributed by atoms with Crippen LogP contribution in [0.5, 0.6) is 0 Å². The number of hydrogen-bond acceptors (Lipinski definition) is 6. The molecule has 0 aromatic carbocycles. The number of aliphatic hydroxyl groups is 2. The largest absolute Gasteiger partial charge is 0.396 e. The summed E-state index contributed by atoms with van der Waals surface area (Å²) in [5.74, 6) is -0.753. The van der Waals surface area contributed by atoms with Crippen LogP contribution in [0.25, 0.3) is 0 Å². The van der Waals surface area contributed by atoms with Crippen molar-refractivity contribution in [3.63, 3.8) is 0 Å². The lowest BCUT2D eigenvalue weighted by molar-refractivity contribution is -0.134. The Morgan fingerprint density at radius 3 is 2.04 bits per heavy atom. The minimum absolute atomic E-state index is 0.0651. The molecule has 0 saturated heterocycles. The van der Waals surface area contributed by atoms with Crippen LogP contribution in [-0.4, -0.2) is 57.3 Å². The predicted molar refractivity (Wildman–Crippen MR) is 91.3 cm³/mol. The second kappa shape index (κ2) is 9.25. The number of carbonyl (C=O) groups is 1. The van der Waals surface area contributed by atoms with Gasteiger partial charge in [-0.1, -0.05) is 6.92 Å². The molecule has 7 nitrogen and oxygen atoms in total. The molecule has 0 bridgehead atoms. The van der Waals surface area contributed by atoms with Crippen molar-refractivity contribution in [2.75, 3.05) is 13.2 Å².